The van der Waals surface area contributed by atoms with E-state index in [1.54, 1.807) is 0 Å². The van der Waals surface area contributed by atoms with Crippen LogP contribution in [0.1, 0.15) is 0 Å². The summed E-state index contributed by atoms with van der Waals surface area (Å²) in [6, 6.07) is 42.0. The Morgan fingerprint density at radius 3 is 0.941 bits per heavy atom. The van der Waals surface area contributed by atoms with Crippen LogP contribution in [0.25, 0.3) is 0 Å². The first kappa shape index (κ1) is 22.4. The van der Waals surface area contributed by atoms with E-state index < -0.39 is 13.8 Å². The molecule has 1 heterocycles. The fourth-order valence-electron chi connectivity index (χ4n) is 4.27. The molecule has 1 aromatic heterocycles. The minimum Gasteiger partial charge on any atom is -0.260 e. The lowest BCUT2D eigenvalue weighted by molar-refractivity contribution is 1.28. The molecule has 4 heteroatoms. The van der Waals surface area contributed by atoms with Gasteiger partial charge in [-0.15, -0.1) is 0 Å². The van der Waals surface area contributed by atoms with Gasteiger partial charge in [-0.3, -0.25) is 4.98 Å². The highest BCUT2D eigenvalue weighted by atomic mass is 31.2. The van der Waals surface area contributed by atoms with E-state index in [2.05, 4.69) is 97.1 Å². The Hall–Kier alpha value is -3.44. The van der Waals surface area contributed by atoms with Gasteiger partial charge in [0, 0.05) is 0 Å². The maximum absolute atomic E-state index is 5.33. The van der Waals surface area contributed by atoms with Crippen LogP contribution in [-0.2, 0) is 0 Å². The monoisotopic (exact) mass is 476 g/mol. The van der Waals surface area contributed by atoms with Gasteiger partial charge in [-0.25, -0.2) is 4.98 Å². The van der Waals surface area contributed by atoms with Crippen molar-refractivity contribution >= 4 is 58.5 Å². The molecule has 166 valence electrons. The first-order valence-electron chi connectivity index (χ1n) is 11.2. The third-order valence-corrected chi connectivity index (χ3v) is 12.9. The Morgan fingerprint density at radius 2 is 0.676 bits per heavy atom. The molecule has 0 saturated carbocycles. The van der Waals surface area contributed by atoms with Crippen LogP contribution in [0.4, 0.5) is 0 Å². The molecule has 0 aliphatic carbocycles. The summed E-state index contributed by atoms with van der Waals surface area (Å²) in [6.45, 7) is -4.48. The van der Waals surface area contributed by atoms with Crippen molar-refractivity contribution in [2.24, 2.45) is 0 Å². The van der Waals surface area contributed by atoms with Crippen molar-refractivity contribution in [1.29, 1.82) is 0 Å². The third kappa shape index (κ3) is 3.90. The molecule has 0 aliphatic heterocycles. The minimum absolute atomic E-state index is 0.919. The van der Waals surface area contributed by atoms with E-state index in [1.165, 1.54) is 21.2 Å². The van der Waals surface area contributed by atoms with Gasteiger partial charge in [0.1, 0.15) is 0 Å². The summed E-state index contributed by atoms with van der Waals surface area (Å²) in [4.78, 5) is 10.1. The topological polar surface area (TPSA) is 25.8 Å². The van der Waals surface area contributed by atoms with Crippen LogP contribution in [-0.4, -0.2) is 22.6 Å². The second-order valence-corrected chi connectivity index (χ2v) is 14.4. The lowest BCUT2D eigenvalue weighted by Crippen LogP contribution is -2.34. The zero-order valence-electron chi connectivity index (χ0n) is 18.9. The van der Waals surface area contributed by atoms with Crippen LogP contribution in [0.2, 0.25) is 0 Å². The molecule has 0 fully saturated rings. The molecular formula is C30H26N2P2. The molecule has 0 unspecified atom stereocenters. The first-order chi connectivity index (χ1) is 16.6. The van der Waals surface area contributed by atoms with Gasteiger partial charge in [0.2, 0.25) is 0 Å². The van der Waals surface area contributed by atoms with Crippen LogP contribution in [0.5, 0.6) is 0 Å². The van der Waals surface area contributed by atoms with Crippen LogP contribution < -0.4 is 32.1 Å². The highest BCUT2D eigenvalue weighted by Crippen LogP contribution is 2.43. The van der Waals surface area contributed by atoms with E-state index in [-0.39, 0.29) is 0 Å². The van der Waals surface area contributed by atoms with Gasteiger partial charge in [0.05, 0.1) is 23.3 Å². The zero-order valence-corrected chi connectivity index (χ0v) is 20.7. The quantitative estimate of drug-likeness (QED) is 0.347. The van der Waals surface area contributed by atoms with Crippen molar-refractivity contribution in [3.63, 3.8) is 0 Å². The SMILES string of the molecule is C=P(c1ccccc1)(c1ccccc1)c1cncc(P(=C)(c2ccccc2)c2ccccc2)n1. The highest BCUT2D eigenvalue weighted by Gasteiger charge is 2.28. The second kappa shape index (κ2) is 9.43. The smallest absolute Gasteiger partial charge is 0.0894 e. The van der Waals surface area contributed by atoms with Gasteiger partial charge in [0.15, 0.2) is 0 Å². The van der Waals surface area contributed by atoms with Gasteiger partial charge in [-0.1, -0.05) is 134 Å². The van der Waals surface area contributed by atoms with Crippen molar-refractivity contribution in [2.45, 2.75) is 0 Å². The van der Waals surface area contributed by atoms with Crippen molar-refractivity contribution in [1.82, 2.24) is 9.97 Å². The van der Waals surface area contributed by atoms with Gasteiger partial charge in [0.25, 0.3) is 0 Å². The summed E-state index contributed by atoms with van der Waals surface area (Å²) in [6.07, 6.45) is 13.5. The summed E-state index contributed by atoms with van der Waals surface area (Å²) >= 11 is 0. The molecule has 0 radical (unpaired) electrons. The molecule has 2 nitrogen and oxygen atoms in total. The molecule has 5 aromatic rings. The number of aromatic nitrogens is 2. The van der Waals surface area contributed by atoms with Crippen molar-refractivity contribution in [3.8, 4) is 0 Å². The normalized spacial score (nSPS) is 11.8. The molecule has 0 atom stereocenters. The summed E-state index contributed by atoms with van der Waals surface area (Å²) < 4.78 is 0. The Morgan fingerprint density at radius 1 is 0.412 bits per heavy atom. The lowest BCUT2D eigenvalue weighted by Gasteiger charge is -2.29. The maximum atomic E-state index is 5.33. The fraction of sp³-hybridized carbons (Fsp3) is 0. The van der Waals surface area contributed by atoms with Crippen LogP contribution in [0, 0.1) is 0 Å². The number of nitrogens with zero attached hydrogens (tertiary/aromatic N) is 2. The van der Waals surface area contributed by atoms with Gasteiger partial charge < -0.3 is 0 Å². The van der Waals surface area contributed by atoms with E-state index in [0.29, 0.717) is 0 Å². The standard InChI is InChI=1S/C30H26N2P2/c1-33(25-15-7-3-8-16-25,26-17-9-4-10-18-26)29-23-31-24-30(32-29)34(2,27-19-11-5-12-20-27)28-21-13-6-14-22-28/h3-24H,1-2H2. The van der Waals surface area contributed by atoms with Crippen LogP contribution >= 0.6 is 13.8 Å². The molecule has 0 aliphatic rings. The van der Waals surface area contributed by atoms with Crippen molar-refractivity contribution in [2.75, 3.05) is 0 Å². The first-order valence-corrected chi connectivity index (χ1v) is 15.1. The minimum atomic E-state index is -2.24. The fourth-order valence-corrected chi connectivity index (χ4v) is 9.81. The van der Waals surface area contributed by atoms with E-state index in [0.717, 1.165) is 10.9 Å². The van der Waals surface area contributed by atoms with E-state index >= 15 is 0 Å². The Balaban J connectivity index is 1.76. The molecule has 0 bridgehead atoms. The predicted molar refractivity (Wildman–Crippen MR) is 154 cm³/mol. The Labute approximate surface area is 202 Å². The molecule has 5 rings (SSSR count). The van der Waals surface area contributed by atoms with E-state index in [9.17, 15) is 0 Å². The molecule has 0 spiro atoms. The third-order valence-electron chi connectivity index (χ3n) is 6.18. The largest absolute Gasteiger partial charge is 0.260 e. The number of benzene rings is 4. The van der Waals surface area contributed by atoms with E-state index in [1.807, 2.05) is 36.7 Å². The van der Waals surface area contributed by atoms with Gasteiger partial charge >= 0.3 is 0 Å². The van der Waals surface area contributed by atoms with E-state index in [4.69, 9.17) is 22.6 Å². The molecular weight excluding hydrogens is 450 g/mol. The molecule has 0 N–H and O–H groups in total. The van der Waals surface area contributed by atoms with Crippen molar-refractivity contribution < 1.29 is 0 Å². The lowest BCUT2D eigenvalue weighted by atomic mass is 10.4. The number of hydrogen-bond acceptors (Lipinski definition) is 2. The maximum Gasteiger partial charge on any atom is 0.0894 e. The summed E-state index contributed by atoms with van der Waals surface area (Å²) in [7, 11) is 0. The average molecular weight is 477 g/mol. The molecule has 0 amide bonds. The Kier molecular flexibility index (Phi) is 6.20. The average Bonchev–Trinajstić information content (AvgIpc) is 2.94. The van der Waals surface area contributed by atoms with Crippen molar-refractivity contribution in [3.05, 3.63) is 134 Å². The van der Waals surface area contributed by atoms with Gasteiger partial charge in [-0.2, -0.15) is 0 Å². The number of rotatable bonds is 6. The molecule has 0 saturated heterocycles. The Bertz CT molecular complexity index is 1280. The number of hydrogen-bond donors (Lipinski definition) is 0. The second-order valence-electron chi connectivity index (χ2n) is 8.20. The summed E-state index contributed by atoms with van der Waals surface area (Å²) in [5.41, 5.74) is 1.84. The summed E-state index contributed by atoms with van der Waals surface area (Å²) in [5, 5.41) is 4.72. The predicted octanol–water partition coefficient (Wildman–Crippen LogP) is 3.93. The van der Waals surface area contributed by atoms with Gasteiger partial charge in [-0.05, 0) is 35.0 Å². The molecule has 34 heavy (non-hydrogen) atoms. The zero-order chi connectivity index (χ0) is 23.4. The summed E-state index contributed by atoms with van der Waals surface area (Å²) in [5.74, 6) is 0. The highest BCUT2D eigenvalue weighted by molar-refractivity contribution is 7.94. The van der Waals surface area contributed by atoms with Crippen LogP contribution in [0.15, 0.2) is 134 Å². The molecule has 4 aromatic carbocycles. The van der Waals surface area contributed by atoms with Crippen LogP contribution in [0.3, 0.4) is 0 Å².